The Balaban J connectivity index is 1.28. The zero-order valence-corrected chi connectivity index (χ0v) is 20.9. The van der Waals surface area contributed by atoms with Gasteiger partial charge in [0.05, 0.1) is 7.11 Å². The van der Waals surface area contributed by atoms with E-state index in [1.165, 1.54) is 11.3 Å². The largest absolute Gasteiger partial charge is 0.497 e. The maximum Gasteiger partial charge on any atom is 0.251 e. The number of piperazine rings is 1. The van der Waals surface area contributed by atoms with Crippen LogP contribution in [0.3, 0.4) is 0 Å². The predicted molar refractivity (Wildman–Crippen MR) is 146 cm³/mol. The Morgan fingerprint density at radius 1 is 0.889 bits per heavy atom. The fraction of sp³-hybridized carbons (Fsp3) is 0.267. The van der Waals surface area contributed by atoms with Crippen LogP contribution in [0.5, 0.6) is 5.75 Å². The molecule has 4 aromatic rings. The van der Waals surface area contributed by atoms with E-state index in [0.29, 0.717) is 12.1 Å². The second kappa shape index (κ2) is 10.7. The fourth-order valence-corrected chi connectivity index (χ4v) is 4.69. The van der Waals surface area contributed by atoms with Gasteiger partial charge in [0, 0.05) is 55.6 Å². The number of amides is 1. The molecule has 0 unspecified atom stereocenters. The van der Waals surface area contributed by atoms with Crippen molar-refractivity contribution < 1.29 is 9.53 Å². The molecule has 1 aliphatic rings. The van der Waals surface area contributed by atoms with Gasteiger partial charge in [-0.15, -0.1) is 0 Å². The zero-order valence-electron chi connectivity index (χ0n) is 20.9. The SMILES string of the molecule is CCc1ccc(CNC(=O)c2ccc3ccnc(N4CCN(c5ccc(OC)cc5)CC4)c3c2)cc1. The van der Waals surface area contributed by atoms with Crippen molar-refractivity contribution in [3.05, 3.63) is 95.7 Å². The molecule has 0 spiro atoms. The van der Waals surface area contributed by atoms with Gasteiger partial charge in [-0.3, -0.25) is 4.79 Å². The highest BCUT2D eigenvalue weighted by molar-refractivity contribution is 6.01. The van der Waals surface area contributed by atoms with E-state index in [-0.39, 0.29) is 5.91 Å². The lowest BCUT2D eigenvalue weighted by molar-refractivity contribution is 0.0951. The number of fused-ring (bicyclic) bond motifs is 1. The first kappa shape index (κ1) is 23.7. The summed E-state index contributed by atoms with van der Waals surface area (Å²) in [4.78, 5) is 22.4. The van der Waals surface area contributed by atoms with Crippen molar-refractivity contribution in [2.24, 2.45) is 0 Å². The Morgan fingerprint density at radius 3 is 2.28 bits per heavy atom. The van der Waals surface area contributed by atoms with Crippen molar-refractivity contribution >= 4 is 28.2 Å². The zero-order chi connectivity index (χ0) is 24.9. The summed E-state index contributed by atoms with van der Waals surface area (Å²) < 4.78 is 5.28. The number of aryl methyl sites for hydroxylation is 1. The number of carbonyl (C=O) groups excluding carboxylic acids is 1. The number of nitrogens with one attached hydrogen (secondary N) is 1. The molecule has 184 valence electrons. The van der Waals surface area contributed by atoms with E-state index in [2.05, 4.69) is 58.4 Å². The Morgan fingerprint density at radius 2 is 1.58 bits per heavy atom. The number of pyridine rings is 1. The number of benzene rings is 3. The van der Waals surface area contributed by atoms with E-state index in [1.807, 2.05) is 42.6 Å². The molecule has 1 aliphatic heterocycles. The molecule has 0 aliphatic carbocycles. The number of hydrogen-bond donors (Lipinski definition) is 1. The minimum absolute atomic E-state index is 0.0735. The summed E-state index contributed by atoms with van der Waals surface area (Å²) in [5.74, 6) is 1.73. The fourth-order valence-electron chi connectivity index (χ4n) is 4.69. The molecule has 0 atom stereocenters. The molecule has 0 bridgehead atoms. The van der Waals surface area contributed by atoms with E-state index < -0.39 is 0 Å². The molecule has 6 heteroatoms. The summed E-state index contributed by atoms with van der Waals surface area (Å²) in [7, 11) is 1.69. The summed E-state index contributed by atoms with van der Waals surface area (Å²) in [6.07, 6.45) is 2.86. The van der Waals surface area contributed by atoms with Gasteiger partial charge < -0.3 is 19.9 Å². The first-order chi connectivity index (χ1) is 17.6. The van der Waals surface area contributed by atoms with Gasteiger partial charge in [0.15, 0.2) is 0 Å². The average molecular weight is 481 g/mol. The topological polar surface area (TPSA) is 57.7 Å². The van der Waals surface area contributed by atoms with Crippen molar-refractivity contribution in [1.29, 1.82) is 0 Å². The molecule has 36 heavy (non-hydrogen) atoms. The molecule has 0 radical (unpaired) electrons. The number of anilines is 2. The molecule has 2 heterocycles. The summed E-state index contributed by atoms with van der Waals surface area (Å²) >= 11 is 0. The third kappa shape index (κ3) is 5.13. The maximum atomic E-state index is 13.0. The van der Waals surface area contributed by atoms with Crippen LogP contribution in [0.4, 0.5) is 11.5 Å². The summed E-state index contributed by atoms with van der Waals surface area (Å²) in [6.45, 7) is 6.18. The van der Waals surface area contributed by atoms with Gasteiger partial charge in [0.2, 0.25) is 0 Å². The molecule has 1 saturated heterocycles. The van der Waals surface area contributed by atoms with E-state index >= 15 is 0 Å². The number of methoxy groups -OCH3 is 1. The van der Waals surface area contributed by atoms with Crippen molar-refractivity contribution in [3.63, 3.8) is 0 Å². The van der Waals surface area contributed by atoms with Crippen molar-refractivity contribution in [1.82, 2.24) is 10.3 Å². The van der Waals surface area contributed by atoms with E-state index in [1.54, 1.807) is 7.11 Å². The maximum absolute atomic E-state index is 13.0. The van der Waals surface area contributed by atoms with Crippen molar-refractivity contribution in [3.8, 4) is 5.75 Å². The highest BCUT2D eigenvalue weighted by Gasteiger charge is 2.20. The lowest BCUT2D eigenvalue weighted by atomic mass is 10.1. The Labute approximate surface area is 212 Å². The molecule has 1 aromatic heterocycles. The van der Waals surface area contributed by atoms with Crippen LogP contribution in [-0.4, -0.2) is 44.2 Å². The monoisotopic (exact) mass is 480 g/mol. The standard InChI is InChI=1S/C30H32N4O2/c1-3-22-4-6-23(7-5-22)21-32-30(35)25-9-8-24-14-15-31-29(28(24)20-25)34-18-16-33(17-19-34)26-10-12-27(36-2)13-11-26/h4-15,20H,3,16-19,21H2,1-2H3,(H,32,35). The second-order valence-electron chi connectivity index (χ2n) is 9.10. The van der Waals surface area contributed by atoms with Gasteiger partial charge >= 0.3 is 0 Å². The molecule has 0 saturated carbocycles. The van der Waals surface area contributed by atoms with Crippen LogP contribution in [-0.2, 0) is 13.0 Å². The van der Waals surface area contributed by atoms with Crippen molar-refractivity contribution in [2.45, 2.75) is 19.9 Å². The highest BCUT2D eigenvalue weighted by Crippen LogP contribution is 2.28. The van der Waals surface area contributed by atoms with Gasteiger partial charge in [-0.1, -0.05) is 37.3 Å². The van der Waals surface area contributed by atoms with Gasteiger partial charge in [0.1, 0.15) is 11.6 Å². The molecule has 3 aromatic carbocycles. The minimum Gasteiger partial charge on any atom is -0.497 e. The Bertz CT molecular complexity index is 1330. The minimum atomic E-state index is -0.0735. The molecular weight excluding hydrogens is 448 g/mol. The summed E-state index contributed by atoms with van der Waals surface area (Å²) in [5, 5.41) is 5.16. The lowest BCUT2D eigenvalue weighted by Gasteiger charge is -2.37. The molecular formula is C30H32N4O2. The number of ether oxygens (including phenoxy) is 1. The number of aromatic nitrogens is 1. The number of carbonyl (C=O) groups is 1. The van der Waals surface area contributed by atoms with Crippen LogP contribution in [0.15, 0.2) is 79.0 Å². The quantitative estimate of drug-likeness (QED) is 0.401. The van der Waals surface area contributed by atoms with Gasteiger partial charge in [0.25, 0.3) is 5.91 Å². The third-order valence-corrected chi connectivity index (χ3v) is 6.91. The summed E-state index contributed by atoms with van der Waals surface area (Å²) in [5.41, 5.74) is 4.24. The van der Waals surface area contributed by atoms with Crippen LogP contribution in [0.25, 0.3) is 10.8 Å². The normalized spacial score (nSPS) is 13.6. The number of nitrogens with zero attached hydrogens (tertiary/aromatic N) is 3. The first-order valence-corrected chi connectivity index (χ1v) is 12.5. The highest BCUT2D eigenvalue weighted by atomic mass is 16.5. The van der Waals surface area contributed by atoms with Crippen LogP contribution >= 0.6 is 0 Å². The predicted octanol–water partition coefficient (Wildman–Crippen LogP) is 5.06. The van der Waals surface area contributed by atoms with Gasteiger partial charge in [-0.25, -0.2) is 4.98 Å². The van der Waals surface area contributed by atoms with Gasteiger partial charge in [-0.2, -0.15) is 0 Å². The van der Waals surface area contributed by atoms with Crippen LogP contribution in [0, 0.1) is 0 Å². The van der Waals surface area contributed by atoms with E-state index in [9.17, 15) is 4.79 Å². The first-order valence-electron chi connectivity index (χ1n) is 12.5. The number of rotatable bonds is 7. The molecule has 6 nitrogen and oxygen atoms in total. The third-order valence-electron chi connectivity index (χ3n) is 6.91. The number of hydrogen-bond acceptors (Lipinski definition) is 5. The van der Waals surface area contributed by atoms with E-state index in [0.717, 1.165) is 60.5 Å². The van der Waals surface area contributed by atoms with E-state index in [4.69, 9.17) is 9.72 Å². The Hall–Kier alpha value is -4.06. The van der Waals surface area contributed by atoms with Crippen LogP contribution < -0.4 is 19.9 Å². The molecule has 5 rings (SSSR count). The van der Waals surface area contributed by atoms with Gasteiger partial charge in [-0.05, 0) is 65.4 Å². The molecule has 1 fully saturated rings. The lowest BCUT2D eigenvalue weighted by Crippen LogP contribution is -2.46. The van der Waals surface area contributed by atoms with Crippen LogP contribution in [0.2, 0.25) is 0 Å². The van der Waals surface area contributed by atoms with Crippen molar-refractivity contribution in [2.75, 3.05) is 43.1 Å². The Kier molecular flexibility index (Phi) is 7.03. The molecule has 1 N–H and O–H groups in total. The van der Waals surface area contributed by atoms with Crippen LogP contribution in [0.1, 0.15) is 28.4 Å². The smallest absolute Gasteiger partial charge is 0.251 e. The molecule has 1 amide bonds. The second-order valence-corrected chi connectivity index (χ2v) is 9.10. The average Bonchev–Trinajstić information content (AvgIpc) is 2.95. The summed E-state index contributed by atoms with van der Waals surface area (Å²) in [6, 6.07) is 24.5.